The summed E-state index contributed by atoms with van der Waals surface area (Å²) in [6.45, 7) is 8.81. The Hall–Kier alpha value is -0.610. The summed E-state index contributed by atoms with van der Waals surface area (Å²) in [4.78, 5) is 11.7. The summed E-state index contributed by atoms with van der Waals surface area (Å²) in [7, 11) is 0. The molecule has 4 heteroatoms. The van der Waals surface area contributed by atoms with Crippen molar-refractivity contribution in [2.75, 3.05) is 13.2 Å². The molecule has 1 atom stereocenters. The first-order valence-corrected chi connectivity index (χ1v) is 6.96. The summed E-state index contributed by atoms with van der Waals surface area (Å²) >= 11 is 0. The zero-order valence-corrected chi connectivity index (χ0v) is 12.1. The maximum absolute atomic E-state index is 11.7. The van der Waals surface area contributed by atoms with E-state index in [0.717, 1.165) is 0 Å². The Morgan fingerprint density at radius 1 is 1.33 bits per heavy atom. The predicted octanol–water partition coefficient (Wildman–Crippen LogP) is 2.27. The van der Waals surface area contributed by atoms with Crippen molar-refractivity contribution in [2.45, 2.75) is 71.1 Å². The van der Waals surface area contributed by atoms with Crippen LogP contribution < -0.4 is 5.32 Å². The van der Waals surface area contributed by atoms with Crippen LogP contribution in [0.1, 0.15) is 53.4 Å². The fourth-order valence-electron chi connectivity index (χ4n) is 2.03. The molecule has 0 amide bonds. The van der Waals surface area contributed by atoms with E-state index in [4.69, 9.17) is 9.47 Å². The Balaban J connectivity index is 2.08. The van der Waals surface area contributed by atoms with Crippen LogP contribution in [-0.4, -0.2) is 36.9 Å². The molecule has 18 heavy (non-hydrogen) atoms. The number of hydrogen-bond acceptors (Lipinski definition) is 4. The van der Waals surface area contributed by atoms with Gasteiger partial charge in [-0.1, -0.05) is 12.8 Å². The Labute approximate surface area is 110 Å². The molecule has 0 aromatic heterocycles. The lowest BCUT2D eigenvalue weighted by atomic mass is 10.2. The second-order valence-electron chi connectivity index (χ2n) is 5.99. The molecule has 0 aromatic rings. The van der Waals surface area contributed by atoms with Crippen LogP contribution in [0.2, 0.25) is 0 Å². The van der Waals surface area contributed by atoms with Crippen LogP contribution in [0.15, 0.2) is 0 Å². The van der Waals surface area contributed by atoms with E-state index in [9.17, 15) is 4.79 Å². The van der Waals surface area contributed by atoms with Gasteiger partial charge in [-0.2, -0.15) is 0 Å². The van der Waals surface area contributed by atoms with Crippen molar-refractivity contribution in [2.24, 2.45) is 0 Å². The highest BCUT2D eigenvalue weighted by atomic mass is 16.6. The fraction of sp³-hybridized carbons (Fsp3) is 0.929. The van der Waals surface area contributed by atoms with Gasteiger partial charge in [0.25, 0.3) is 0 Å². The average Bonchev–Trinajstić information content (AvgIpc) is 2.74. The molecule has 0 spiro atoms. The van der Waals surface area contributed by atoms with Crippen LogP contribution >= 0.6 is 0 Å². The van der Waals surface area contributed by atoms with Crippen molar-refractivity contribution in [3.05, 3.63) is 0 Å². The smallest absolute Gasteiger partial charge is 0.323 e. The van der Waals surface area contributed by atoms with Gasteiger partial charge in [-0.3, -0.25) is 4.79 Å². The van der Waals surface area contributed by atoms with Gasteiger partial charge in [-0.15, -0.1) is 0 Å². The number of hydrogen-bond donors (Lipinski definition) is 1. The molecule has 0 aliphatic heterocycles. The number of esters is 1. The van der Waals surface area contributed by atoms with Crippen molar-refractivity contribution < 1.29 is 14.3 Å². The highest BCUT2D eigenvalue weighted by Gasteiger charge is 2.21. The zero-order valence-electron chi connectivity index (χ0n) is 12.1. The molecule has 0 aromatic carbocycles. The van der Waals surface area contributed by atoms with Crippen molar-refractivity contribution in [3.8, 4) is 0 Å². The quantitative estimate of drug-likeness (QED) is 0.586. The van der Waals surface area contributed by atoms with E-state index in [1.54, 1.807) is 0 Å². The van der Waals surface area contributed by atoms with Crippen molar-refractivity contribution in [1.82, 2.24) is 5.32 Å². The first-order chi connectivity index (χ1) is 8.38. The SMILES string of the molecule is CC(NCCOC1CCCC1)C(=O)OC(C)(C)C. The van der Waals surface area contributed by atoms with E-state index in [2.05, 4.69) is 5.32 Å². The molecule has 106 valence electrons. The van der Waals surface area contributed by atoms with Gasteiger partial charge in [-0.25, -0.2) is 0 Å². The van der Waals surface area contributed by atoms with E-state index in [1.165, 1.54) is 25.7 Å². The van der Waals surface area contributed by atoms with E-state index in [1.807, 2.05) is 27.7 Å². The topological polar surface area (TPSA) is 47.6 Å². The summed E-state index contributed by atoms with van der Waals surface area (Å²) in [5.41, 5.74) is -0.423. The maximum Gasteiger partial charge on any atom is 0.323 e. The molecule has 1 aliphatic carbocycles. The van der Waals surface area contributed by atoms with Crippen molar-refractivity contribution in [3.63, 3.8) is 0 Å². The summed E-state index contributed by atoms with van der Waals surface area (Å²) in [5, 5.41) is 3.13. The lowest BCUT2D eigenvalue weighted by Crippen LogP contribution is -2.40. The first kappa shape index (κ1) is 15.4. The van der Waals surface area contributed by atoms with Gasteiger partial charge in [-0.05, 0) is 40.5 Å². The molecular formula is C14H27NO3. The number of carbonyl (C=O) groups is 1. The van der Waals surface area contributed by atoms with Crippen LogP contribution in [0.3, 0.4) is 0 Å². The zero-order chi connectivity index (χ0) is 13.6. The highest BCUT2D eigenvalue weighted by molar-refractivity contribution is 5.75. The lowest BCUT2D eigenvalue weighted by Gasteiger charge is -2.22. The van der Waals surface area contributed by atoms with Crippen LogP contribution in [0.5, 0.6) is 0 Å². The van der Waals surface area contributed by atoms with Crippen LogP contribution in [0.4, 0.5) is 0 Å². The number of ether oxygens (including phenoxy) is 2. The van der Waals surface area contributed by atoms with Crippen molar-refractivity contribution in [1.29, 1.82) is 0 Å². The van der Waals surface area contributed by atoms with Crippen LogP contribution in [0.25, 0.3) is 0 Å². The Morgan fingerprint density at radius 2 is 1.94 bits per heavy atom. The lowest BCUT2D eigenvalue weighted by molar-refractivity contribution is -0.157. The average molecular weight is 257 g/mol. The van der Waals surface area contributed by atoms with E-state index in [-0.39, 0.29) is 12.0 Å². The molecule has 1 rings (SSSR count). The normalized spacial score (nSPS) is 18.9. The van der Waals surface area contributed by atoms with Gasteiger partial charge >= 0.3 is 5.97 Å². The molecule has 4 nitrogen and oxygen atoms in total. The van der Waals surface area contributed by atoms with Gasteiger partial charge < -0.3 is 14.8 Å². The summed E-state index contributed by atoms with van der Waals surface area (Å²) in [5.74, 6) is -0.205. The number of rotatable bonds is 6. The van der Waals surface area contributed by atoms with Gasteiger partial charge in [0.2, 0.25) is 0 Å². The molecule has 0 heterocycles. The highest BCUT2D eigenvalue weighted by Crippen LogP contribution is 2.20. The third-order valence-electron chi connectivity index (χ3n) is 2.97. The van der Waals surface area contributed by atoms with Crippen LogP contribution in [0, 0.1) is 0 Å². The summed E-state index contributed by atoms with van der Waals surface area (Å²) < 4.78 is 11.0. The molecule has 0 saturated heterocycles. The second kappa shape index (κ2) is 7.10. The molecule has 1 N–H and O–H groups in total. The van der Waals surface area contributed by atoms with Gasteiger partial charge in [0.1, 0.15) is 11.6 Å². The standard InChI is InChI=1S/C14H27NO3/c1-11(13(16)18-14(2,3)4)15-9-10-17-12-7-5-6-8-12/h11-12,15H,5-10H2,1-4H3. The predicted molar refractivity (Wildman–Crippen MR) is 71.5 cm³/mol. The maximum atomic E-state index is 11.7. The molecule has 1 unspecified atom stereocenters. The molecular weight excluding hydrogens is 230 g/mol. The summed E-state index contributed by atoms with van der Waals surface area (Å²) in [6.07, 6.45) is 5.37. The minimum absolute atomic E-state index is 0.205. The molecule has 0 radical (unpaired) electrons. The number of carbonyl (C=O) groups excluding carboxylic acids is 1. The summed E-state index contributed by atoms with van der Waals surface area (Å²) in [6, 6.07) is -0.281. The van der Waals surface area contributed by atoms with E-state index >= 15 is 0 Å². The monoisotopic (exact) mass is 257 g/mol. The number of nitrogens with one attached hydrogen (secondary N) is 1. The van der Waals surface area contributed by atoms with Crippen LogP contribution in [-0.2, 0) is 14.3 Å². The third kappa shape index (κ3) is 6.36. The third-order valence-corrected chi connectivity index (χ3v) is 2.97. The fourth-order valence-corrected chi connectivity index (χ4v) is 2.03. The Kier molecular flexibility index (Phi) is 6.09. The molecule has 1 saturated carbocycles. The first-order valence-electron chi connectivity index (χ1n) is 6.96. The van der Waals surface area contributed by atoms with E-state index < -0.39 is 5.60 Å². The Bertz CT molecular complexity index is 254. The van der Waals surface area contributed by atoms with Gasteiger partial charge in [0.15, 0.2) is 0 Å². The Morgan fingerprint density at radius 3 is 2.50 bits per heavy atom. The van der Waals surface area contributed by atoms with Crippen molar-refractivity contribution >= 4 is 5.97 Å². The second-order valence-corrected chi connectivity index (χ2v) is 5.99. The minimum Gasteiger partial charge on any atom is -0.459 e. The molecule has 0 bridgehead atoms. The molecule has 1 fully saturated rings. The molecule has 1 aliphatic rings. The van der Waals surface area contributed by atoms with Gasteiger partial charge in [0, 0.05) is 6.54 Å². The minimum atomic E-state index is -0.423. The van der Waals surface area contributed by atoms with E-state index in [0.29, 0.717) is 19.3 Å². The largest absolute Gasteiger partial charge is 0.459 e. The van der Waals surface area contributed by atoms with Gasteiger partial charge in [0.05, 0.1) is 12.7 Å².